The van der Waals surface area contributed by atoms with E-state index in [4.69, 9.17) is 5.11 Å². The fraction of sp³-hybridized carbons (Fsp3) is 1.00. The summed E-state index contributed by atoms with van der Waals surface area (Å²) in [4.78, 5) is 0. The average Bonchev–Trinajstić information content (AvgIpc) is 1.68. The van der Waals surface area contributed by atoms with Crippen LogP contribution in [-0.4, -0.2) is 21.0 Å². The molecule has 0 heterocycles. The van der Waals surface area contributed by atoms with E-state index in [0.29, 0.717) is 5.75 Å². The molecular weight excluding hydrogens is 112 g/mol. The van der Waals surface area contributed by atoms with Gasteiger partial charge >= 0.3 is 0 Å². The molecule has 0 saturated carbocycles. The van der Waals surface area contributed by atoms with Crippen molar-refractivity contribution in [1.29, 1.82) is 0 Å². The molecule has 1 N–H and O–H groups in total. The van der Waals surface area contributed by atoms with E-state index in [0.717, 1.165) is 6.42 Å². The fourth-order valence-corrected chi connectivity index (χ4v) is 0.877. The number of aliphatic hydroxyl groups is 1. The van der Waals surface area contributed by atoms with Crippen LogP contribution in [0.3, 0.4) is 0 Å². The predicted octanol–water partition coefficient (Wildman–Crippen LogP) is 0.0949. The molecule has 0 aliphatic carbocycles. The van der Waals surface area contributed by atoms with Crippen LogP contribution in [0.5, 0.6) is 0 Å². The molecule has 3 heteroatoms. The van der Waals surface area contributed by atoms with Gasteiger partial charge < -0.3 is 5.11 Å². The number of aliphatic hydroxyl groups excluding tert-OH is 1. The second kappa shape index (κ2) is 4.27. The molecule has 7 heavy (non-hydrogen) atoms. The lowest BCUT2D eigenvalue weighted by Crippen LogP contribution is -1.99. The topological polar surface area (TPSA) is 37.3 Å². The van der Waals surface area contributed by atoms with Crippen molar-refractivity contribution in [3.63, 3.8) is 0 Å². The summed E-state index contributed by atoms with van der Waals surface area (Å²) in [5, 5.41) is 8.17. The minimum atomic E-state index is -0.971. The lowest BCUT2D eigenvalue weighted by molar-refractivity contribution is 0.368. The first-order valence-corrected chi connectivity index (χ1v) is 3.76. The third-order valence-corrected chi connectivity index (χ3v) is 1.73. The van der Waals surface area contributed by atoms with Crippen LogP contribution in [-0.2, 0) is 10.8 Å². The Morgan fingerprint density at radius 1 is 1.71 bits per heavy atom. The minimum absolute atomic E-state index is 0.187. The normalized spacial score (nSPS) is 14.0. The SMILES string of the molecule is CCCS(=O)CO. The van der Waals surface area contributed by atoms with Gasteiger partial charge in [-0.25, -0.2) is 0 Å². The van der Waals surface area contributed by atoms with Gasteiger partial charge in [0.15, 0.2) is 0 Å². The largest absolute Gasteiger partial charge is 0.383 e. The van der Waals surface area contributed by atoms with Gasteiger partial charge in [0, 0.05) is 16.6 Å². The van der Waals surface area contributed by atoms with Crippen LogP contribution in [0, 0.1) is 0 Å². The summed E-state index contributed by atoms with van der Waals surface area (Å²) in [6.45, 7) is 1.94. The smallest absolute Gasteiger partial charge is 0.118 e. The first kappa shape index (κ1) is 7.11. The predicted molar refractivity (Wildman–Crippen MR) is 30.4 cm³/mol. The first-order valence-electron chi connectivity index (χ1n) is 2.27. The molecule has 0 bridgehead atoms. The van der Waals surface area contributed by atoms with E-state index in [1.807, 2.05) is 6.92 Å². The summed E-state index contributed by atoms with van der Waals surface area (Å²) in [5.74, 6) is 0.435. The molecule has 0 fully saturated rings. The van der Waals surface area contributed by atoms with Crippen LogP contribution in [0.2, 0.25) is 0 Å². The van der Waals surface area contributed by atoms with E-state index in [1.54, 1.807) is 0 Å². The Hall–Kier alpha value is 0.110. The molecule has 2 nitrogen and oxygen atoms in total. The Kier molecular flexibility index (Phi) is 4.34. The van der Waals surface area contributed by atoms with Gasteiger partial charge in [0.2, 0.25) is 0 Å². The van der Waals surface area contributed by atoms with Gasteiger partial charge in [0.25, 0.3) is 0 Å². The summed E-state index contributed by atoms with van der Waals surface area (Å²) >= 11 is 0. The van der Waals surface area contributed by atoms with Gasteiger partial charge in [-0.05, 0) is 6.42 Å². The van der Waals surface area contributed by atoms with Crippen molar-refractivity contribution in [2.75, 3.05) is 11.7 Å². The van der Waals surface area contributed by atoms with Crippen molar-refractivity contribution in [3.8, 4) is 0 Å². The third kappa shape index (κ3) is 3.95. The van der Waals surface area contributed by atoms with Gasteiger partial charge in [-0.15, -0.1) is 0 Å². The molecular formula is C4H10O2S. The van der Waals surface area contributed by atoms with Crippen LogP contribution in [0.25, 0.3) is 0 Å². The Morgan fingerprint density at radius 2 is 2.29 bits per heavy atom. The van der Waals surface area contributed by atoms with Crippen molar-refractivity contribution in [2.45, 2.75) is 13.3 Å². The van der Waals surface area contributed by atoms with Crippen LogP contribution in [0.1, 0.15) is 13.3 Å². The van der Waals surface area contributed by atoms with E-state index in [1.165, 1.54) is 0 Å². The van der Waals surface area contributed by atoms with Crippen LogP contribution in [0.4, 0.5) is 0 Å². The summed E-state index contributed by atoms with van der Waals surface area (Å²) in [6.07, 6.45) is 0.882. The Balaban J connectivity index is 3.00. The zero-order valence-electron chi connectivity index (χ0n) is 4.39. The third-order valence-electron chi connectivity index (χ3n) is 0.576. The second-order valence-corrected chi connectivity index (χ2v) is 2.82. The summed E-state index contributed by atoms with van der Waals surface area (Å²) in [7, 11) is -0.971. The highest BCUT2D eigenvalue weighted by molar-refractivity contribution is 7.84. The van der Waals surface area contributed by atoms with Gasteiger partial charge in [-0.2, -0.15) is 0 Å². The molecule has 0 amide bonds. The molecule has 0 saturated heterocycles. The fourth-order valence-electron chi connectivity index (χ4n) is 0.292. The van der Waals surface area contributed by atoms with Crippen molar-refractivity contribution in [3.05, 3.63) is 0 Å². The van der Waals surface area contributed by atoms with E-state index in [9.17, 15) is 4.21 Å². The standard InChI is InChI=1S/C4H10O2S/c1-2-3-7(6)4-5/h5H,2-4H2,1H3. The van der Waals surface area contributed by atoms with Gasteiger partial charge in [-0.3, -0.25) is 4.21 Å². The maximum atomic E-state index is 10.3. The number of hydrogen-bond acceptors (Lipinski definition) is 2. The monoisotopic (exact) mass is 122 g/mol. The van der Waals surface area contributed by atoms with Crippen molar-refractivity contribution >= 4 is 10.8 Å². The zero-order chi connectivity index (χ0) is 5.70. The molecule has 0 rings (SSSR count). The number of rotatable bonds is 3. The van der Waals surface area contributed by atoms with Gasteiger partial charge in [0.1, 0.15) is 5.94 Å². The molecule has 0 aliphatic heterocycles. The van der Waals surface area contributed by atoms with E-state index < -0.39 is 10.8 Å². The molecule has 44 valence electrons. The highest BCUT2D eigenvalue weighted by Crippen LogP contribution is 1.81. The molecule has 0 aromatic rings. The molecule has 0 aromatic heterocycles. The van der Waals surface area contributed by atoms with Crippen molar-refractivity contribution in [2.24, 2.45) is 0 Å². The molecule has 1 unspecified atom stereocenters. The quantitative estimate of drug-likeness (QED) is 0.576. The average molecular weight is 122 g/mol. The Labute approximate surface area is 46.0 Å². The summed E-state index contributed by atoms with van der Waals surface area (Å²) < 4.78 is 10.3. The summed E-state index contributed by atoms with van der Waals surface area (Å²) in [6, 6.07) is 0. The Bertz CT molecular complexity index is 62.7. The molecule has 0 spiro atoms. The Morgan fingerprint density at radius 3 is 2.43 bits per heavy atom. The molecule has 0 aliphatic rings. The molecule has 1 atom stereocenters. The lowest BCUT2D eigenvalue weighted by Gasteiger charge is -1.88. The van der Waals surface area contributed by atoms with E-state index >= 15 is 0 Å². The zero-order valence-corrected chi connectivity index (χ0v) is 5.20. The second-order valence-electron chi connectivity index (χ2n) is 1.27. The van der Waals surface area contributed by atoms with Crippen LogP contribution >= 0.6 is 0 Å². The van der Waals surface area contributed by atoms with Crippen LogP contribution in [0.15, 0.2) is 0 Å². The van der Waals surface area contributed by atoms with E-state index in [-0.39, 0.29) is 5.94 Å². The minimum Gasteiger partial charge on any atom is -0.383 e. The maximum Gasteiger partial charge on any atom is 0.118 e. The van der Waals surface area contributed by atoms with Gasteiger partial charge in [-0.1, -0.05) is 6.92 Å². The van der Waals surface area contributed by atoms with E-state index in [2.05, 4.69) is 0 Å². The highest BCUT2D eigenvalue weighted by Gasteiger charge is 1.89. The van der Waals surface area contributed by atoms with Crippen molar-refractivity contribution < 1.29 is 9.32 Å². The first-order chi connectivity index (χ1) is 3.31. The molecule has 0 radical (unpaired) electrons. The van der Waals surface area contributed by atoms with Crippen LogP contribution < -0.4 is 0 Å². The highest BCUT2D eigenvalue weighted by atomic mass is 32.2. The molecule has 0 aromatic carbocycles. The number of hydrogen-bond donors (Lipinski definition) is 1. The summed E-state index contributed by atoms with van der Waals surface area (Å²) in [5.41, 5.74) is 0. The van der Waals surface area contributed by atoms with Gasteiger partial charge in [0.05, 0.1) is 0 Å². The maximum absolute atomic E-state index is 10.3. The van der Waals surface area contributed by atoms with Crippen molar-refractivity contribution in [1.82, 2.24) is 0 Å². The lowest BCUT2D eigenvalue weighted by atomic mass is 10.6.